The Morgan fingerprint density at radius 2 is 2.00 bits per heavy atom. The van der Waals surface area contributed by atoms with Crippen LogP contribution in [0.1, 0.15) is 58.2 Å². The third kappa shape index (κ3) is 2.57. The predicted octanol–water partition coefficient (Wildman–Crippen LogP) is 3.89. The van der Waals surface area contributed by atoms with Gasteiger partial charge in [0.25, 0.3) is 0 Å². The summed E-state index contributed by atoms with van der Waals surface area (Å²) in [4.78, 5) is 4.43. The van der Waals surface area contributed by atoms with Crippen molar-refractivity contribution in [1.29, 1.82) is 0 Å². The van der Waals surface area contributed by atoms with Crippen LogP contribution in [0.25, 0.3) is 0 Å². The summed E-state index contributed by atoms with van der Waals surface area (Å²) < 4.78 is 0. The van der Waals surface area contributed by atoms with Gasteiger partial charge in [-0.2, -0.15) is 0 Å². The van der Waals surface area contributed by atoms with Gasteiger partial charge in [0.05, 0.1) is 0 Å². The van der Waals surface area contributed by atoms with Crippen LogP contribution >= 0.6 is 0 Å². The van der Waals surface area contributed by atoms with Gasteiger partial charge in [-0.1, -0.05) is 34.6 Å². The largest absolute Gasteiger partial charge is 0.261 e. The molecule has 1 aromatic heterocycles. The maximum absolute atomic E-state index is 4.43. The second-order valence-corrected chi connectivity index (χ2v) is 5.03. The fraction of sp³-hybridized carbons (Fsp3) is 0.615. The van der Waals surface area contributed by atoms with Crippen LogP contribution in [0.15, 0.2) is 18.3 Å². The molecule has 0 N–H and O–H groups in total. The van der Waals surface area contributed by atoms with E-state index in [1.807, 2.05) is 6.20 Å². The number of pyridine rings is 1. The molecule has 0 amide bonds. The highest BCUT2D eigenvalue weighted by molar-refractivity contribution is 5.23. The highest BCUT2D eigenvalue weighted by Gasteiger charge is 2.16. The van der Waals surface area contributed by atoms with E-state index in [0.717, 1.165) is 0 Å². The van der Waals surface area contributed by atoms with Crippen LogP contribution in [-0.2, 0) is 5.41 Å². The Morgan fingerprint density at radius 3 is 2.50 bits per heavy atom. The molecule has 14 heavy (non-hydrogen) atoms. The zero-order valence-electron chi connectivity index (χ0n) is 9.96. The molecule has 0 aliphatic heterocycles. The van der Waals surface area contributed by atoms with Crippen molar-refractivity contribution in [3.8, 4) is 0 Å². The summed E-state index contributed by atoms with van der Waals surface area (Å²) in [6, 6.07) is 4.37. The van der Waals surface area contributed by atoms with E-state index in [1.54, 1.807) is 0 Å². The van der Waals surface area contributed by atoms with Crippen molar-refractivity contribution in [2.75, 3.05) is 0 Å². The Balaban J connectivity index is 3.01. The fourth-order valence-corrected chi connectivity index (χ4v) is 1.40. The molecule has 0 aliphatic rings. The number of aromatic nitrogens is 1. The molecule has 1 atom stereocenters. The normalized spacial score (nSPS) is 14.1. The average Bonchev–Trinajstić information content (AvgIpc) is 2.15. The predicted molar refractivity (Wildman–Crippen MR) is 61.6 cm³/mol. The Morgan fingerprint density at radius 1 is 1.36 bits per heavy atom. The molecule has 1 heteroatoms. The van der Waals surface area contributed by atoms with Gasteiger partial charge < -0.3 is 0 Å². The number of nitrogens with zero attached hydrogens (tertiary/aromatic N) is 1. The number of hydrogen-bond donors (Lipinski definition) is 0. The minimum absolute atomic E-state index is 0.156. The van der Waals surface area contributed by atoms with E-state index in [-0.39, 0.29) is 5.41 Å². The van der Waals surface area contributed by atoms with Crippen LogP contribution < -0.4 is 0 Å². The lowest BCUT2D eigenvalue weighted by Crippen LogP contribution is -2.13. The first kappa shape index (κ1) is 11.2. The van der Waals surface area contributed by atoms with Gasteiger partial charge in [-0.15, -0.1) is 0 Å². The standard InChI is InChI=1S/C13H21N/c1-6-10(2)11-7-8-14-12(9-11)13(3,4)5/h7-10H,6H2,1-5H3. The van der Waals surface area contributed by atoms with Crippen LogP contribution in [0.5, 0.6) is 0 Å². The second kappa shape index (κ2) is 4.12. The Kier molecular flexibility index (Phi) is 3.30. The Hall–Kier alpha value is -0.850. The lowest BCUT2D eigenvalue weighted by Gasteiger charge is -2.19. The molecule has 1 rings (SSSR count). The fourth-order valence-electron chi connectivity index (χ4n) is 1.40. The molecule has 0 saturated heterocycles. The van der Waals surface area contributed by atoms with Crippen molar-refractivity contribution in [3.63, 3.8) is 0 Å². The topological polar surface area (TPSA) is 12.9 Å². The summed E-state index contributed by atoms with van der Waals surface area (Å²) in [6.07, 6.45) is 3.12. The van der Waals surface area contributed by atoms with Gasteiger partial charge in [0.2, 0.25) is 0 Å². The van der Waals surface area contributed by atoms with E-state index in [2.05, 4.69) is 51.7 Å². The SMILES string of the molecule is CCC(C)c1ccnc(C(C)(C)C)c1. The second-order valence-electron chi connectivity index (χ2n) is 5.03. The molecule has 1 aromatic rings. The van der Waals surface area contributed by atoms with E-state index in [0.29, 0.717) is 5.92 Å². The molecular weight excluding hydrogens is 170 g/mol. The van der Waals surface area contributed by atoms with Crippen molar-refractivity contribution >= 4 is 0 Å². The van der Waals surface area contributed by atoms with Gasteiger partial charge in [-0.3, -0.25) is 4.98 Å². The van der Waals surface area contributed by atoms with E-state index in [4.69, 9.17) is 0 Å². The number of rotatable bonds is 2. The van der Waals surface area contributed by atoms with Crippen LogP contribution in [-0.4, -0.2) is 4.98 Å². The molecular formula is C13H21N. The summed E-state index contributed by atoms with van der Waals surface area (Å²) in [7, 11) is 0. The Bertz CT molecular complexity index is 296. The first-order valence-corrected chi connectivity index (χ1v) is 5.41. The van der Waals surface area contributed by atoms with Crippen LogP contribution in [0.2, 0.25) is 0 Å². The first-order chi connectivity index (χ1) is 6.45. The third-order valence-electron chi connectivity index (χ3n) is 2.73. The molecule has 1 heterocycles. The van der Waals surface area contributed by atoms with E-state index < -0.39 is 0 Å². The molecule has 1 unspecified atom stereocenters. The van der Waals surface area contributed by atoms with Crippen molar-refractivity contribution < 1.29 is 0 Å². The highest BCUT2D eigenvalue weighted by Crippen LogP contribution is 2.24. The molecule has 1 nitrogen and oxygen atoms in total. The maximum atomic E-state index is 4.43. The Labute approximate surface area is 87.6 Å². The molecule has 78 valence electrons. The summed E-state index contributed by atoms with van der Waals surface area (Å²) in [6.45, 7) is 11.1. The maximum Gasteiger partial charge on any atom is 0.0459 e. The number of hydrogen-bond acceptors (Lipinski definition) is 1. The van der Waals surface area contributed by atoms with Gasteiger partial charge >= 0.3 is 0 Å². The molecule has 0 spiro atoms. The van der Waals surface area contributed by atoms with Crippen LogP contribution in [0.4, 0.5) is 0 Å². The van der Waals surface area contributed by atoms with E-state index >= 15 is 0 Å². The molecule has 0 aromatic carbocycles. The summed E-state index contributed by atoms with van der Waals surface area (Å²) in [5, 5.41) is 0. The monoisotopic (exact) mass is 191 g/mol. The minimum atomic E-state index is 0.156. The van der Waals surface area contributed by atoms with Crippen molar-refractivity contribution in [1.82, 2.24) is 4.98 Å². The quantitative estimate of drug-likeness (QED) is 0.691. The van der Waals surface area contributed by atoms with Gasteiger partial charge in [-0.25, -0.2) is 0 Å². The van der Waals surface area contributed by atoms with Crippen molar-refractivity contribution in [2.24, 2.45) is 0 Å². The molecule has 0 bridgehead atoms. The molecule has 0 saturated carbocycles. The van der Waals surface area contributed by atoms with Crippen molar-refractivity contribution in [3.05, 3.63) is 29.6 Å². The molecule has 0 radical (unpaired) electrons. The van der Waals surface area contributed by atoms with Gasteiger partial charge in [0.15, 0.2) is 0 Å². The molecule has 0 fully saturated rings. The summed E-state index contributed by atoms with van der Waals surface area (Å²) in [5.74, 6) is 0.638. The van der Waals surface area contributed by atoms with Crippen molar-refractivity contribution in [2.45, 2.75) is 52.4 Å². The van der Waals surface area contributed by atoms with Gasteiger partial charge in [-0.05, 0) is 30.0 Å². The van der Waals surface area contributed by atoms with Gasteiger partial charge in [0.1, 0.15) is 0 Å². The average molecular weight is 191 g/mol. The zero-order valence-corrected chi connectivity index (χ0v) is 9.96. The zero-order chi connectivity index (χ0) is 10.8. The minimum Gasteiger partial charge on any atom is -0.261 e. The van der Waals surface area contributed by atoms with Gasteiger partial charge in [0, 0.05) is 17.3 Å². The summed E-state index contributed by atoms with van der Waals surface area (Å²) in [5.41, 5.74) is 2.76. The molecule has 0 aliphatic carbocycles. The smallest absolute Gasteiger partial charge is 0.0459 e. The van der Waals surface area contributed by atoms with E-state index in [1.165, 1.54) is 17.7 Å². The first-order valence-electron chi connectivity index (χ1n) is 5.41. The van der Waals surface area contributed by atoms with E-state index in [9.17, 15) is 0 Å². The van der Waals surface area contributed by atoms with Crippen LogP contribution in [0, 0.1) is 0 Å². The lowest BCUT2D eigenvalue weighted by atomic mass is 9.89. The highest BCUT2D eigenvalue weighted by atomic mass is 14.7. The van der Waals surface area contributed by atoms with Crippen LogP contribution in [0.3, 0.4) is 0 Å². The summed E-state index contributed by atoms with van der Waals surface area (Å²) >= 11 is 0. The third-order valence-corrected chi connectivity index (χ3v) is 2.73. The lowest BCUT2D eigenvalue weighted by molar-refractivity contribution is 0.566.